The van der Waals surface area contributed by atoms with E-state index in [2.05, 4.69) is 0 Å². The second kappa shape index (κ2) is 4.68. The molecule has 0 aromatic heterocycles. The first-order valence-corrected chi connectivity index (χ1v) is 4.48. The van der Waals surface area contributed by atoms with Gasteiger partial charge < -0.3 is 12.9 Å². The molecular formula is C9H7BF5K. The van der Waals surface area contributed by atoms with Crippen LogP contribution in [0.25, 0.3) is 0 Å². The molecule has 0 saturated heterocycles. The predicted molar refractivity (Wildman–Crippen MR) is 47.0 cm³/mol. The van der Waals surface area contributed by atoms with Crippen molar-refractivity contribution in [3.63, 3.8) is 0 Å². The molecule has 1 aliphatic carbocycles. The number of hydrogen-bond acceptors (Lipinski definition) is 0. The van der Waals surface area contributed by atoms with Crippen LogP contribution >= 0.6 is 0 Å². The van der Waals surface area contributed by atoms with Crippen molar-refractivity contribution in [2.24, 2.45) is 0 Å². The topological polar surface area (TPSA) is 0 Å². The summed E-state index contributed by atoms with van der Waals surface area (Å²) in [7, 11) is 0. The van der Waals surface area contributed by atoms with Crippen LogP contribution in [-0.4, -0.2) is 12.9 Å². The van der Waals surface area contributed by atoms with E-state index in [0.717, 1.165) is 0 Å². The Morgan fingerprint density at radius 2 is 1.50 bits per heavy atom. The molecule has 1 aromatic rings. The molecule has 0 nitrogen and oxygen atoms in total. The summed E-state index contributed by atoms with van der Waals surface area (Å²) in [5, 5.41) is 0. The summed E-state index contributed by atoms with van der Waals surface area (Å²) in [6.45, 7) is -5.47. The molecule has 2 rings (SSSR count). The summed E-state index contributed by atoms with van der Waals surface area (Å²) >= 11 is 0. The monoisotopic (exact) mass is 260 g/mol. The molecule has 1 saturated carbocycles. The summed E-state index contributed by atoms with van der Waals surface area (Å²) in [6.07, 6.45) is 0. The van der Waals surface area contributed by atoms with Gasteiger partial charge in [-0.25, -0.2) is 8.78 Å². The van der Waals surface area contributed by atoms with Gasteiger partial charge in [0, 0.05) is 11.7 Å². The number of hydrogen-bond donors (Lipinski definition) is 0. The third-order valence-corrected chi connectivity index (χ3v) is 2.67. The van der Waals surface area contributed by atoms with Gasteiger partial charge >= 0.3 is 58.4 Å². The first-order chi connectivity index (χ1) is 6.85. The fourth-order valence-corrected chi connectivity index (χ4v) is 1.91. The van der Waals surface area contributed by atoms with Crippen molar-refractivity contribution in [3.05, 3.63) is 35.9 Å². The molecule has 0 unspecified atom stereocenters. The number of halogens is 5. The van der Waals surface area contributed by atoms with E-state index in [0.29, 0.717) is 0 Å². The van der Waals surface area contributed by atoms with E-state index in [1.807, 2.05) is 0 Å². The first kappa shape index (κ1) is 14.6. The Labute approximate surface area is 132 Å². The predicted octanol–water partition coefficient (Wildman–Crippen LogP) is 0.641. The smallest absolute Gasteiger partial charge is 0.449 e. The Morgan fingerprint density at radius 1 is 1.00 bits per heavy atom. The molecule has 2 atom stereocenters. The number of alkyl halides is 2. The second-order valence-electron chi connectivity index (χ2n) is 3.71. The summed E-state index contributed by atoms with van der Waals surface area (Å²) in [6, 6.07) is 7.12. The minimum Gasteiger partial charge on any atom is -0.449 e. The average molecular weight is 260 g/mol. The van der Waals surface area contributed by atoms with E-state index in [-0.39, 0.29) is 56.9 Å². The summed E-state index contributed by atoms with van der Waals surface area (Å²) in [4.78, 5) is 0. The minimum absolute atomic E-state index is 0. The van der Waals surface area contributed by atoms with Gasteiger partial charge in [0.05, 0.1) is 0 Å². The molecule has 1 fully saturated rings. The summed E-state index contributed by atoms with van der Waals surface area (Å²) in [5.74, 6) is -7.77. The van der Waals surface area contributed by atoms with E-state index in [9.17, 15) is 21.7 Å². The van der Waals surface area contributed by atoms with Crippen LogP contribution < -0.4 is 51.4 Å². The molecule has 1 aliphatic rings. The number of rotatable bonds is 2. The van der Waals surface area contributed by atoms with Crippen molar-refractivity contribution < 1.29 is 73.1 Å². The maximum atomic E-state index is 12.9. The van der Waals surface area contributed by atoms with Crippen LogP contribution in [0.5, 0.6) is 0 Å². The molecule has 0 radical (unpaired) electrons. The van der Waals surface area contributed by atoms with Crippen LogP contribution in [0, 0.1) is 0 Å². The fourth-order valence-electron chi connectivity index (χ4n) is 1.91. The minimum atomic E-state index is -5.47. The van der Waals surface area contributed by atoms with Crippen LogP contribution in [0.2, 0.25) is 5.82 Å². The summed E-state index contributed by atoms with van der Waals surface area (Å²) < 4.78 is 62.6. The Hall–Kier alpha value is 0.571. The van der Waals surface area contributed by atoms with Crippen LogP contribution in [0.1, 0.15) is 11.5 Å². The van der Waals surface area contributed by atoms with Crippen molar-refractivity contribution in [2.45, 2.75) is 17.7 Å². The Kier molecular flexibility index (Phi) is 4.28. The van der Waals surface area contributed by atoms with Crippen molar-refractivity contribution in [3.8, 4) is 0 Å². The van der Waals surface area contributed by atoms with Crippen molar-refractivity contribution in [2.75, 3.05) is 0 Å². The maximum Gasteiger partial charge on any atom is 1.00 e. The zero-order valence-electron chi connectivity index (χ0n) is 8.51. The van der Waals surface area contributed by atoms with Crippen molar-refractivity contribution >= 4 is 6.98 Å². The van der Waals surface area contributed by atoms with Gasteiger partial charge in [-0.3, -0.25) is 0 Å². The molecular weight excluding hydrogens is 253 g/mol. The van der Waals surface area contributed by atoms with Gasteiger partial charge in [0.15, 0.2) is 0 Å². The standard InChI is InChI=1S/C9H7BF5.K/c11-9(12)7(8(9)10(13,14)15)6-4-2-1-3-5-6;/h1-5,7-8H;/q-1;+1/t7-,8-;/m0./s1. The van der Waals surface area contributed by atoms with E-state index in [4.69, 9.17) is 0 Å². The molecule has 16 heavy (non-hydrogen) atoms. The maximum absolute atomic E-state index is 12.9. The molecule has 1 aromatic carbocycles. The van der Waals surface area contributed by atoms with E-state index in [1.165, 1.54) is 24.3 Å². The zero-order valence-corrected chi connectivity index (χ0v) is 11.6. The Bertz CT molecular complexity index is 364. The molecule has 0 bridgehead atoms. The van der Waals surface area contributed by atoms with E-state index < -0.39 is 24.6 Å². The molecule has 0 amide bonds. The van der Waals surface area contributed by atoms with Gasteiger partial charge in [-0.15, -0.1) is 0 Å². The molecule has 82 valence electrons. The van der Waals surface area contributed by atoms with Crippen molar-refractivity contribution in [1.82, 2.24) is 0 Å². The van der Waals surface area contributed by atoms with Gasteiger partial charge in [0.1, 0.15) is 0 Å². The second-order valence-corrected chi connectivity index (χ2v) is 3.71. The van der Waals surface area contributed by atoms with Gasteiger partial charge in [0.2, 0.25) is 5.92 Å². The molecule has 0 heterocycles. The number of benzene rings is 1. The Balaban J connectivity index is 0.00000128. The van der Waals surface area contributed by atoms with Crippen molar-refractivity contribution in [1.29, 1.82) is 0 Å². The summed E-state index contributed by atoms with van der Waals surface area (Å²) in [5.41, 5.74) is 0.0618. The largest absolute Gasteiger partial charge is 1.00 e. The van der Waals surface area contributed by atoms with Crippen LogP contribution in [-0.2, 0) is 0 Å². The molecule has 0 spiro atoms. The zero-order chi connectivity index (χ0) is 11.3. The molecule has 0 N–H and O–H groups in total. The normalized spacial score (nSPS) is 27.1. The molecule has 7 heteroatoms. The quantitative estimate of drug-likeness (QED) is 0.540. The van der Waals surface area contributed by atoms with Gasteiger partial charge in [-0.2, -0.15) is 0 Å². The Morgan fingerprint density at radius 3 is 1.88 bits per heavy atom. The van der Waals surface area contributed by atoms with Crippen LogP contribution in [0.3, 0.4) is 0 Å². The fraction of sp³-hybridized carbons (Fsp3) is 0.333. The van der Waals surface area contributed by atoms with E-state index >= 15 is 0 Å². The van der Waals surface area contributed by atoms with Crippen LogP contribution in [0.4, 0.5) is 21.7 Å². The van der Waals surface area contributed by atoms with Gasteiger partial charge in [-0.05, 0) is 5.56 Å². The molecule has 0 aliphatic heterocycles. The third kappa shape index (κ3) is 2.53. The van der Waals surface area contributed by atoms with Gasteiger partial charge in [-0.1, -0.05) is 30.3 Å². The van der Waals surface area contributed by atoms with Gasteiger partial charge in [0.25, 0.3) is 0 Å². The first-order valence-electron chi connectivity index (χ1n) is 4.48. The average Bonchev–Trinajstić information content (AvgIpc) is 2.70. The third-order valence-electron chi connectivity index (χ3n) is 2.67. The SMILES string of the molecule is F[B-](F)(F)[C@H]1[C@H](c2ccccc2)C1(F)F.[K+]. The van der Waals surface area contributed by atoms with Crippen LogP contribution in [0.15, 0.2) is 30.3 Å². The van der Waals surface area contributed by atoms with E-state index in [1.54, 1.807) is 6.07 Å².